The molecule has 17 heavy (non-hydrogen) atoms. The smallest absolute Gasteiger partial charge is 0.324 e. The number of phenolic OH excluding ortho intramolecular Hbond substituents is 1. The van der Waals surface area contributed by atoms with Crippen molar-refractivity contribution >= 4 is 5.91 Å². The summed E-state index contributed by atoms with van der Waals surface area (Å²) in [6.45, 7) is -1.46. The number of hydrogen-bond acceptors (Lipinski definition) is 2. The third-order valence-corrected chi connectivity index (χ3v) is 1.91. The highest BCUT2D eigenvalue weighted by Gasteiger charge is 2.40. The normalized spacial score (nSPS) is 11.6. The summed E-state index contributed by atoms with van der Waals surface area (Å²) in [5, 5.41) is 10.7. The van der Waals surface area contributed by atoms with E-state index >= 15 is 0 Å². The maximum atomic E-state index is 12.5. The number of hydrogen-bond donors (Lipinski definition) is 2. The molecule has 94 valence electrons. The second kappa shape index (κ2) is 5.03. The number of carbonyl (C=O) groups excluding carboxylic acids is 1. The second-order valence-corrected chi connectivity index (χ2v) is 3.29. The van der Waals surface area contributed by atoms with E-state index in [9.17, 15) is 22.4 Å². The van der Waals surface area contributed by atoms with E-state index in [-0.39, 0.29) is 11.3 Å². The van der Waals surface area contributed by atoms with E-state index in [2.05, 4.69) is 0 Å². The lowest BCUT2D eigenvalue weighted by atomic mass is 10.2. The van der Waals surface area contributed by atoms with Gasteiger partial charge in [0.05, 0.1) is 6.54 Å². The Morgan fingerprint density at radius 1 is 1.41 bits per heavy atom. The summed E-state index contributed by atoms with van der Waals surface area (Å²) in [5.41, 5.74) is -0.0879. The van der Waals surface area contributed by atoms with Crippen molar-refractivity contribution in [3.8, 4) is 5.75 Å². The van der Waals surface area contributed by atoms with Crippen LogP contribution in [0.3, 0.4) is 0 Å². The lowest BCUT2D eigenvalue weighted by Gasteiger charge is -2.15. The van der Waals surface area contributed by atoms with Crippen molar-refractivity contribution in [1.29, 1.82) is 0 Å². The molecule has 3 nitrogen and oxygen atoms in total. The van der Waals surface area contributed by atoms with Crippen LogP contribution in [0, 0.1) is 0 Å². The largest absolute Gasteiger partial charge is 0.508 e. The van der Waals surface area contributed by atoms with Gasteiger partial charge in [0.25, 0.3) is 5.91 Å². The fourth-order valence-electron chi connectivity index (χ4n) is 1.02. The van der Waals surface area contributed by atoms with Crippen LogP contribution in [0.4, 0.5) is 17.6 Å². The Labute approximate surface area is 94.1 Å². The van der Waals surface area contributed by atoms with Gasteiger partial charge in [0.2, 0.25) is 0 Å². The van der Waals surface area contributed by atoms with E-state index in [1.54, 1.807) is 5.32 Å². The predicted octanol–water partition coefficient (Wildman–Crippen LogP) is 2.02. The first kappa shape index (κ1) is 13.3. The lowest BCUT2D eigenvalue weighted by molar-refractivity contribution is -0.123. The first-order chi connectivity index (χ1) is 7.83. The third kappa shape index (κ3) is 3.61. The molecule has 1 amide bonds. The molecular formula is C10H9F4NO2. The molecule has 0 bridgehead atoms. The molecule has 0 unspecified atom stereocenters. The van der Waals surface area contributed by atoms with Crippen molar-refractivity contribution < 1.29 is 27.5 Å². The summed E-state index contributed by atoms with van der Waals surface area (Å²) in [5.74, 6) is -5.45. The van der Waals surface area contributed by atoms with Crippen LogP contribution < -0.4 is 5.32 Å². The minimum atomic E-state index is -4.27. The summed E-state index contributed by atoms with van der Waals surface area (Å²) < 4.78 is 48.6. The molecule has 0 aliphatic rings. The van der Waals surface area contributed by atoms with Gasteiger partial charge in [0, 0.05) is 5.56 Å². The molecule has 0 atom stereocenters. The molecule has 1 aromatic carbocycles. The van der Waals surface area contributed by atoms with E-state index in [0.717, 1.165) is 6.07 Å². The van der Waals surface area contributed by atoms with Gasteiger partial charge in [-0.25, -0.2) is 8.78 Å². The SMILES string of the molecule is O=C(NCC(F)(F)C(F)F)c1cccc(O)c1. The van der Waals surface area contributed by atoms with Crippen molar-refractivity contribution in [1.82, 2.24) is 5.32 Å². The molecule has 0 aliphatic heterocycles. The Balaban J connectivity index is 2.62. The summed E-state index contributed by atoms with van der Waals surface area (Å²) in [7, 11) is 0. The Hall–Kier alpha value is -1.79. The van der Waals surface area contributed by atoms with Crippen molar-refractivity contribution in [2.45, 2.75) is 12.3 Å². The van der Waals surface area contributed by atoms with E-state index in [1.165, 1.54) is 18.2 Å². The maximum Gasteiger partial charge on any atom is 0.324 e. The predicted molar refractivity (Wildman–Crippen MR) is 51.4 cm³/mol. The Bertz CT molecular complexity index is 409. The van der Waals surface area contributed by atoms with E-state index < -0.39 is 24.8 Å². The van der Waals surface area contributed by atoms with Gasteiger partial charge in [-0.3, -0.25) is 4.79 Å². The number of rotatable bonds is 4. The van der Waals surface area contributed by atoms with Gasteiger partial charge < -0.3 is 10.4 Å². The van der Waals surface area contributed by atoms with Crippen LogP contribution >= 0.6 is 0 Å². The minimum absolute atomic E-state index is 0.0879. The second-order valence-electron chi connectivity index (χ2n) is 3.29. The molecule has 0 fully saturated rings. The molecule has 0 saturated carbocycles. The monoisotopic (exact) mass is 251 g/mol. The van der Waals surface area contributed by atoms with Gasteiger partial charge in [0.1, 0.15) is 5.75 Å². The summed E-state index contributed by atoms with van der Waals surface area (Å²) in [6.07, 6.45) is -3.84. The molecule has 1 aromatic rings. The zero-order valence-electron chi connectivity index (χ0n) is 8.46. The zero-order valence-corrected chi connectivity index (χ0v) is 8.46. The van der Waals surface area contributed by atoms with Crippen LogP contribution in [0.2, 0.25) is 0 Å². The van der Waals surface area contributed by atoms with Crippen LogP contribution in [-0.2, 0) is 0 Å². The number of carbonyl (C=O) groups is 1. The fraction of sp³-hybridized carbons (Fsp3) is 0.300. The number of aromatic hydroxyl groups is 1. The molecule has 0 spiro atoms. The molecule has 0 aliphatic carbocycles. The lowest BCUT2D eigenvalue weighted by Crippen LogP contribution is -2.41. The van der Waals surface area contributed by atoms with E-state index in [1.807, 2.05) is 0 Å². The van der Waals surface area contributed by atoms with Crippen LogP contribution in [0.5, 0.6) is 5.75 Å². The number of amides is 1. The number of benzene rings is 1. The Morgan fingerprint density at radius 3 is 2.59 bits per heavy atom. The quantitative estimate of drug-likeness (QED) is 0.804. The molecule has 7 heteroatoms. The first-order valence-corrected chi connectivity index (χ1v) is 4.56. The third-order valence-electron chi connectivity index (χ3n) is 1.91. The molecule has 0 saturated heterocycles. The molecular weight excluding hydrogens is 242 g/mol. The van der Waals surface area contributed by atoms with Crippen LogP contribution in [0.1, 0.15) is 10.4 Å². The molecule has 1 rings (SSSR count). The molecule has 0 heterocycles. The van der Waals surface area contributed by atoms with Gasteiger partial charge >= 0.3 is 12.3 Å². The van der Waals surface area contributed by atoms with Gasteiger partial charge in [-0.2, -0.15) is 8.78 Å². The Morgan fingerprint density at radius 2 is 2.06 bits per heavy atom. The highest BCUT2D eigenvalue weighted by atomic mass is 19.3. The highest BCUT2D eigenvalue weighted by molar-refractivity contribution is 5.94. The summed E-state index contributed by atoms with van der Waals surface area (Å²) in [6, 6.07) is 4.91. The average molecular weight is 251 g/mol. The van der Waals surface area contributed by atoms with Crippen LogP contribution in [0.25, 0.3) is 0 Å². The van der Waals surface area contributed by atoms with Crippen LogP contribution in [0.15, 0.2) is 24.3 Å². The van der Waals surface area contributed by atoms with Gasteiger partial charge in [-0.05, 0) is 18.2 Å². The number of nitrogens with one attached hydrogen (secondary N) is 1. The molecule has 0 aromatic heterocycles. The van der Waals surface area contributed by atoms with Crippen LogP contribution in [-0.4, -0.2) is 29.9 Å². The topological polar surface area (TPSA) is 49.3 Å². The van der Waals surface area contributed by atoms with Gasteiger partial charge in [0.15, 0.2) is 0 Å². The summed E-state index contributed by atoms with van der Waals surface area (Å²) in [4.78, 5) is 11.3. The standard InChI is InChI=1S/C10H9F4NO2/c11-9(12)10(13,14)5-15-8(17)6-2-1-3-7(16)4-6/h1-4,9,16H,5H2,(H,15,17). The Kier molecular flexibility index (Phi) is 3.93. The number of halogens is 4. The average Bonchev–Trinajstić information content (AvgIpc) is 2.25. The first-order valence-electron chi connectivity index (χ1n) is 4.56. The van der Waals surface area contributed by atoms with Crippen molar-refractivity contribution in [3.05, 3.63) is 29.8 Å². The van der Waals surface area contributed by atoms with Crippen molar-refractivity contribution in [2.24, 2.45) is 0 Å². The van der Waals surface area contributed by atoms with Crippen molar-refractivity contribution in [2.75, 3.05) is 6.54 Å². The van der Waals surface area contributed by atoms with Gasteiger partial charge in [-0.1, -0.05) is 6.07 Å². The maximum absolute atomic E-state index is 12.5. The van der Waals surface area contributed by atoms with E-state index in [0.29, 0.717) is 0 Å². The molecule has 2 N–H and O–H groups in total. The fourth-order valence-corrected chi connectivity index (χ4v) is 1.02. The zero-order chi connectivity index (χ0) is 13.1. The number of phenols is 1. The van der Waals surface area contributed by atoms with Gasteiger partial charge in [-0.15, -0.1) is 0 Å². The minimum Gasteiger partial charge on any atom is -0.508 e. The van der Waals surface area contributed by atoms with Crippen molar-refractivity contribution in [3.63, 3.8) is 0 Å². The van der Waals surface area contributed by atoms with E-state index in [4.69, 9.17) is 5.11 Å². The highest BCUT2D eigenvalue weighted by Crippen LogP contribution is 2.21. The molecule has 0 radical (unpaired) electrons. The number of alkyl halides is 4. The summed E-state index contributed by atoms with van der Waals surface area (Å²) >= 11 is 0.